The summed E-state index contributed by atoms with van der Waals surface area (Å²) in [5.41, 5.74) is 7.46. The molecule has 0 aliphatic carbocycles. The Balaban J connectivity index is 2.77. The smallest absolute Gasteiger partial charge is 0.239 e. The Bertz CT molecular complexity index is 447. The second kappa shape index (κ2) is 7.55. The zero-order valence-electron chi connectivity index (χ0n) is 11.6. The van der Waals surface area contributed by atoms with Crippen LogP contribution in [0, 0.1) is 11.3 Å². The first-order valence-electron chi connectivity index (χ1n) is 6.65. The van der Waals surface area contributed by atoms with E-state index in [1.165, 1.54) is 0 Å². The lowest BCUT2D eigenvalue weighted by Crippen LogP contribution is -2.43. The predicted octanol–water partition coefficient (Wildman–Crippen LogP) is 2.03. The SMILES string of the molecule is CCCN(Cc1ccc(C#N)cc1)C(=O)C(N)CC. The normalized spacial score (nSPS) is 11.7. The van der Waals surface area contributed by atoms with Crippen molar-refractivity contribution in [1.82, 2.24) is 4.90 Å². The fourth-order valence-corrected chi connectivity index (χ4v) is 1.85. The van der Waals surface area contributed by atoms with Gasteiger partial charge in [0.15, 0.2) is 0 Å². The minimum atomic E-state index is -0.426. The van der Waals surface area contributed by atoms with E-state index >= 15 is 0 Å². The van der Waals surface area contributed by atoms with Gasteiger partial charge in [-0.05, 0) is 30.5 Å². The van der Waals surface area contributed by atoms with Crippen LogP contribution >= 0.6 is 0 Å². The van der Waals surface area contributed by atoms with Crippen LogP contribution in [0.3, 0.4) is 0 Å². The van der Waals surface area contributed by atoms with Gasteiger partial charge in [-0.3, -0.25) is 4.79 Å². The van der Waals surface area contributed by atoms with Gasteiger partial charge in [-0.15, -0.1) is 0 Å². The molecule has 0 radical (unpaired) electrons. The monoisotopic (exact) mass is 259 g/mol. The van der Waals surface area contributed by atoms with Gasteiger partial charge in [-0.2, -0.15) is 5.26 Å². The molecule has 1 atom stereocenters. The predicted molar refractivity (Wildman–Crippen MR) is 75.1 cm³/mol. The van der Waals surface area contributed by atoms with Crippen LogP contribution < -0.4 is 5.73 Å². The molecule has 0 aliphatic heterocycles. The number of benzene rings is 1. The summed E-state index contributed by atoms with van der Waals surface area (Å²) in [5, 5.41) is 8.76. The quantitative estimate of drug-likeness (QED) is 0.849. The van der Waals surface area contributed by atoms with Crippen LogP contribution in [0.25, 0.3) is 0 Å². The van der Waals surface area contributed by atoms with Crippen LogP contribution in [0.4, 0.5) is 0 Å². The fraction of sp³-hybridized carbons (Fsp3) is 0.467. The molecule has 1 rings (SSSR count). The van der Waals surface area contributed by atoms with E-state index in [1.807, 2.05) is 26.0 Å². The molecule has 2 N–H and O–H groups in total. The molecule has 0 heterocycles. The van der Waals surface area contributed by atoms with E-state index in [4.69, 9.17) is 11.0 Å². The number of hydrogen-bond acceptors (Lipinski definition) is 3. The lowest BCUT2D eigenvalue weighted by Gasteiger charge is -2.25. The first kappa shape index (κ1) is 15.2. The van der Waals surface area contributed by atoms with Crippen molar-refractivity contribution >= 4 is 5.91 Å². The molecule has 4 nitrogen and oxygen atoms in total. The van der Waals surface area contributed by atoms with E-state index in [0.29, 0.717) is 25.1 Å². The third-order valence-electron chi connectivity index (χ3n) is 3.02. The highest BCUT2D eigenvalue weighted by Gasteiger charge is 2.18. The van der Waals surface area contributed by atoms with Crippen molar-refractivity contribution in [1.29, 1.82) is 5.26 Å². The molecule has 19 heavy (non-hydrogen) atoms. The van der Waals surface area contributed by atoms with E-state index in [-0.39, 0.29) is 5.91 Å². The van der Waals surface area contributed by atoms with Crippen molar-refractivity contribution in [3.63, 3.8) is 0 Å². The van der Waals surface area contributed by atoms with E-state index in [9.17, 15) is 4.79 Å². The summed E-state index contributed by atoms with van der Waals surface area (Å²) in [5.74, 6) is -0.00582. The topological polar surface area (TPSA) is 70.1 Å². The third kappa shape index (κ3) is 4.38. The second-order valence-electron chi connectivity index (χ2n) is 4.58. The molecule has 1 aromatic rings. The van der Waals surface area contributed by atoms with Gasteiger partial charge in [0, 0.05) is 13.1 Å². The van der Waals surface area contributed by atoms with E-state index < -0.39 is 6.04 Å². The molecule has 0 spiro atoms. The van der Waals surface area contributed by atoms with Gasteiger partial charge in [0.2, 0.25) is 5.91 Å². The zero-order valence-corrected chi connectivity index (χ0v) is 11.6. The zero-order chi connectivity index (χ0) is 14.3. The van der Waals surface area contributed by atoms with Crippen molar-refractivity contribution in [3.05, 3.63) is 35.4 Å². The molecule has 0 aromatic heterocycles. The summed E-state index contributed by atoms with van der Waals surface area (Å²) < 4.78 is 0. The highest BCUT2D eigenvalue weighted by atomic mass is 16.2. The second-order valence-corrected chi connectivity index (χ2v) is 4.58. The number of nitrogens with zero attached hydrogens (tertiary/aromatic N) is 2. The maximum absolute atomic E-state index is 12.1. The number of carbonyl (C=O) groups excluding carboxylic acids is 1. The van der Waals surface area contributed by atoms with E-state index in [2.05, 4.69) is 6.07 Å². The van der Waals surface area contributed by atoms with Crippen molar-refractivity contribution in [2.75, 3.05) is 6.54 Å². The minimum Gasteiger partial charge on any atom is -0.337 e. The summed E-state index contributed by atoms with van der Waals surface area (Å²) in [4.78, 5) is 13.9. The molecule has 1 aromatic carbocycles. The van der Waals surface area contributed by atoms with E-state index in [1.54, 1.807) is 17.0 Å². The largest absolute Gasteiger partial charge is 0.337 e. The van der Waals surface area contributed by atoms with Gasteiger partial charge in [-0.25, -0.2) is 0 Å². The van der Waals surface area contributed by atoms with Crippen LogP contribution in [-0.4, -0.2) is 23.4 Å². The Hall–Kier alpha value is -1.86. The number of carbonyl (C=O) groups is 1. The molecule has 1 amide bonds. The average Bonchev–Trinajstić information content (AvgIpc) is 2.46. The van der Waals surface area contributed by atoms with Gasteiger partial charge in [0.1, 0.15) is 0 Å². The molecule has 0 aliphatic rings. The fourth-order valence-electron chi connectivity index (χ4n) is 1.85. The van der Waals surface area contributed by atoms with Gasteiger partial charge in [-0.1, -0.05) is 26.0 Å². The van der Waals surface area contributed by atoms with Crippen LogP contribution in [0.1, 0.15) is 37.8 Å². The highest BCUT2D eigenvalue weighted by molar-refractivity contribution is 5.81. The van der Waals surface area contributed by atoms with Crippen molar-refractivity contribution in [2.45, 2.75) is 39.3 Å². The molecule has 0 bridgehead atoms. The standard InChI is InChI=1S/C15H21N3O/c1-3-9-18(15(19)14(17)4-2)11-13-7-5-12(10-16)6-8-13/h5-8,14H,3-4,9,11,17H2,1-2H3. The maximum atomic E-state index is 12.1. The van der Waals surface area contributed by atoms with Gasteiger partial charge in [0.25, 0.3) is 0 Å². The first-order chi connectivity index (χ1) is 9.12. The van der Waals surface area contributed by atoms with Crippen LogP contribution in [0.5, 0.6) is 0 Å². The molecular weight excluding hydrogens is 238 g/mol. The molecular formula is C15H21N3O. The van der Waals surface area contributed by atoms with Crippen molar-refractivity contribution in [2.24, 2.45) is 5.73 Å². The Morgan fingerprint density at radius 2 is 2.00 bits per heavy atom. The van der Waals surface area contributed by atoms with Crippen LogP contribution in [0.2, 0.25) is 0 Å². The van der Waals surface area contributed by atoms with Crippen molar-refractivity contribution < 1.29 is 4.79 Å². The third-order valence-corrected chi connectivity index (χ3v) is 3.02. The maximum Gasteiger partial charge on any atom is 0.239 e. The van der Waals surface area contributed by atoms with Crippen LogP contribution in [0.15, 0.2) is 24.3 Å². The van der Waals surface area contributed by atoms with Gasteiger partial charge < -0.3 is 10.6 Å². The van der Waals surface area contributed by atoms with Crippen LogP contribution in [-0.2, 0) is 11.3 Å². The number of hydrogen-bond donors (Lipinski definition) is 1. The molecule has 0 saturated carbocycles. The van der Waals surface area contributed by atoms with Crippen molar-refractivity contribution in [3.8, 4) is 6.07 Å². The highest BCUT2D eigenvalue weighted by Crippen LogP contribution is 2.09. The molecule has 0 saturated heterocycles. The summed E-state index contributed by atoms with van der Waals surface area (Å²) in [6.45, 7) is 5.20. The summed E-state index contributed by atoms with van der Waals surface area (Å²) in [7, 11) is 0. The Kier molecular flexibility index (Phi) is 6.04. The Morgan fingerprint density at radius 1 is 1.37 bits per heavy atom. The molecule has 0 fully saturated rings. The molecule has 102 valence electrons. The lowest BCUT2D eigenvalue weighted by atomic mass is 10.1. The Morgan fingerprint density at radius 3 is 2.47 bits per heavy atom. The molecule has 1 unspecified atom stereocenters. The van der Waals surface area contributed by atoms with Gasteiger partial charge >= 0.3 is 0 Å². The average molecular weight is 259 g/mol. The summed E-state index contributed by atoms with van der Waals surface area (Å²) >= 11 is 0. The molecule has 4 heteroatoms. The first-order valence-corrected chi connectivity index (χ1v) is 6.65. The number of rotatable bonds is 6. The number of nitriles is 1. The number of amides is 1. The Labute approximate surface area is 114 Å². The number of nitrogens with two attached hydrogens (primary N) is 1. The minimum absolute atomic E-state index is 0.00582. The van der Waals surface area contributed by atoms with Gasteiger partial charge in [0.05, 0.1) is 17.7 Å². The summed E-state index contributed by atoms with van der Waals surface area (Å²) in [6.07, 6.45) is 1.55. The lowest BCUT2D eigenvalue weighted by molar-refractivity contribution is -0.133. The van der Waals surface area contributed by atoms with E-state index in [0.717, 1.165) is 12.0 Å². The summed E-state index contributed by atoms with van der Waals surface area (Å²) in [6, 6.07) is 8.95.